The first-order chi connectivity index (χ1) is 26.5. The summed E-state index contributed by atoms with van der Waals surface area (Å²) in [4.78, 5) is 59.2. The van der Waals surface area contributed by atoms with E-state index in [0.29, 0.717) is 43.3 Å². The molecule has 3 N–H and O–H groups in total. The third kappa shape index (κ3) is 8.11. The van der Waals surface area contributed by atoms with E-state index in [0.717, 1.165) is 33.3 Å². The minimum Gasteiger partial charge on any atom is -0.508 e. The SMILES string of the molecule is CC(C)C(C(=O)N[C@H]1Cc2cc(O)cc(c2)-c2ccc3c(c2)c(c(-c2cccnc2)n3C(C)(C)C#N)CC(C)(C)COC(=O)[C@@H]2CCCN(N2)C1=O)N(C)C=O. The number of cyclic esters (lactones) is 1. The Morgan fingerprint density at radius 3 is 2.61 bits per heavy atom. The van der Waals surface area contributed by atoms with Crippen LogP contribution in [0.5, 0.6) is 5.75 Å². The quantitative estimate of drug-likeness (QED) is 0.171. The summed E-state index contributed by atoms with van der Waals surface area (Å²) in [5, 5.41) is 26.8. The summed E-state index contributed by atoms with van der Waals surface area (Å²) in [5.41, 5.74) is 7.03. The summed E-state index contributed by atoms with van der Waals surface area (Å²) in [5.74, 6) is -1.74. The van der Waals surface area contributed by atoms with E-state index in [4.69, 9.17) is 4.74 Å². The molecule has 0 radical (unpaired) electrons. The minimum atomic E-state index is -1.11. The average molecular weight is 762 g/mol. The normalized spacial score (nSPS) is 19.4. The van der Waals surface area contributed by atoms with Crippen molar-refractivity contribution in [3.8, 4) is 34.2 Å². The Bertz CT molecular complexity index is 2190. The Morgan fingerprint density at radius 1 is 1.16 bits per heavy atom. The number of carbonyl (C=O) groups excluding carboxylic acids is 4. The van der Waals surface area contributed by atoms with Gasteiger partial charge in [-0.25, -0.2) is 5.43 Å². The second-order valence-corrected chi connectivity index (χ2v) is 16.7. The highest BCUT2D eigenvalue weighted by Crippen LogP contribution is 2.43. The molecule has 13 nitrogen and oxygen atoms in total. The van der Waals surface area contributed by atoms with Crippen molar-refractivity contribution < 1.29 is 29.0 Å². The van der Waals surface area contributed by atoms with Crippen molar-refractivity contribution >= 4 is 35.1 Å². The number of ether oxygens (including phenoxy) is 1. The molecule has 6 rings (SSSR count). The zero-order valence-electron chi connectivity index (χ0n) is 33.1. The third-order valence-electron chi connectivity index (χ3n) is 10.7. The molecule has 2 aromatic heterocycles. The van der Waals surface area contributed by atoms with Gasteiger partial charge < -0.3 is 24.6 Å². The number of phenols is 1. The Kier molecular flexibility index (Phi) is 11.3. The Balaban J connectivity index is 1.55. The molecular formula is C43H51N7O6. The molecule has 0 saturated carbocycles. The van der Waals surface area contributed by atoms with Crippen LogP contribution in [0.25, 0.3) is 33.3 Å². The summed E-state index contributed by atoms with van der Waals surface area (Å²) in [7, 11) is 1.52. The van der Waals surface area contributed by atoms with Crippen molar-refractivity contribution in [1.29, 1.82) is 5.26 Å². The van der Waals surface area contributed by atoms with Crippen molar-refractivity contribution in [3.63, 3.8) is 0 Å². The molecule has 3 atom stereocenters. The van der Waals surface area contributed by atoms with Crippen LogP contribution < -0.4 is 10.7 Å². The first-order valence-electron chi connectivity index (χ1n) is 19.1. The maximum atomic E-state index is 14.3. The molecule has 294 valence electrons. The number of nitriles is 1. The number of hydrazine groups is 1. The van der Waals surface area contributed by atoms with E-state index in [1.807, 2.05) is 82.5 Å². The number of carbonyl (C=O) groups is 4. The number of pyridine rings is 1. The van der Waals surface area contributed by atoms with Gasteiger partial charge in [-0.05, 0) is 97.7 Å². The lowest BCUT2D eigenvalue weighted by Gasteiger charge is -2.36. The van der Waals surface area contributed by atoms with E-state index in [2.05, 4.69) is 21.8 Å². The maximum Gasteiger partial charge on any atom is 0.324 e. The molecule has 0 spiro atoms. The predicted octanol–water partition coefficient (Wildman–Crippen LogP) is 5.10. The predicted molar refractivity (Wildman–Crippen MR) is 212 cm³/mol. The summed E-state index contributed by atoms with van der Waals surface area (Å²) in [6, 6.07) is 14.6. The molecule has 3 amide bonds. The number of nitrogens with zero attached hydrogens (tertiary/aromatic N) is 5. The highest BCUT2D eigenvalue weighted by Gasteiger charge is 2.37. The molecule has 2 aromatic carbocycles. The van der Waals surface area contributed by atoms with Crippen LogP contribution in [0, 0.1) is 22.7 Å². The second-order valence-electron chi connectivity index (χ2n) is 16.7. The fourth-order valence-electron chi connectivity index (χ4n) is 8.03. The molecule has 6 bridgehead atoms. The number of likely N-dealkylation sites (N-methyl/N-ethyl adjacent to an activating group) is 1. The zero-order chi connectivity index (χ0) is 40.5. The molecule has 1 saturated heterocycles. The van der Waals surface area contributed by atoms with Gasteiger partial charge in [0.15, 0.2) is 0 Å². The zero-order valence-corrected chi connectivity index (χ0v) is 33.1. The lowest BCUT2D eigenvalue weighted by atomic mass is 9.84. The number of esters is 1. The number of hydrogen-bond acceptors (Lipinski definition) is 9. The van der Waals surface area contributed by atoms with Crippen LogP contribution in [0.4, 0.5) is 0 Å². The fourth-order valence-corrected chi connectivity index (χ4v) is 8.03. The summed E-state index contributed by atoms with van der Waals surface area (Å²) in [6.45, 7) is 11.8. The number of rotatable bonds is 7. The number of fused-ring (bicyclic) bond motifs is 6. The van der Waals surface area contributed by atoms with E-state index in [-0.39, 0.29) is 24.7 Å². The summed E-state index contributed by atoms with van der Waals surface area (Å²) in [6.07, 6.45) is 5.52. The number of benzene rings is 2. The Hall–Kier alpha value is -5.74. The number of hydrogen-bond donors (Lipinski definition) is 3. The molecule has 4 heterocycles. The fraction of sp³-hybridized carbons (Fsp3) is 0.442. The van der Waals surface area contributed by atoms with Crippen molar-refractivity contribution in [2.75, 3.05) is 20.2 Å². The standard InChI is InChI=1S/C43H51N7O6/c1-26(2)37(48(7)25-51)39(53)46-35-18-27-16-30(19-31(52)17-27)28-12-13-36-32(20-28)33(38(29-10-8-14-45-22-29)50(36)43(5,6)23-44)21-42(3,4)24-56-41(55)34-11-9-15-49(47-34)40(35)54/h8,10,12-14,16-17,19-20,22,25-26,34-35,37,47,52H,9,11,15,18,21,24H2,1-7H3,(H,46,53)/t34-,35-,37?/m0/s1. The van der Waals surface area contributed by atoms with Gasteiger partial charge in [-0.2, -0.15) is 5.26 Å². The highest BCUT2D eigenvalue weighted by molar-refractivity contribution is 5.96. The van der Waals surface area contributed by atoms with Crippen LogP contribution >= 0.6 is 0 Å². The molecule has 56 heavy (non-hydrogen) atoms. The van der Waals surface area contributed by atoms with Gasteiger partial charge in [-0.3, -0.25) is 29.2 Å². The van der Waals surface area contributed by atoms with Gasteiger partial charge in [0.05, 0.1) is 23.9 Å². The first-order valence-corrected chi connectivity index (χ1v) is 19.1. The van der Waals surface area contributed by atoms with Crippen molar-refractivity contribution in [1.82, 2.24) is 30.2 Å². The average Bonchev–Trinajstić information content (AvgIpc) is 3.49. The number of aromatic hydroxyl groups is 1. The van der Waals surface area contributed by atoms with E-state index in [9.17, 15) is 29.5 Å². The topological polar surface area (TPSA) is 170 Å². The largest absolute Gasteiger partial charge is 0.508 e. The number of aromatic nitrogens is 2. The molecule has 2 aliphatic rings. The van der Waals surface area contributed by atoms with Gasteiger partial charge in [-0.15, -0.1) is 0 Å². The Morgan fingerprint density at radius 2 is 1.93 bits per heavy atom. The van der Waals surface area contributed by atoms with Crippen LogP contribution in [0.1, 0.15) is 65.5 Å². The van der Waals surface area contributed by atoms with Crippen LogP contribution in [0.15, 0.2) is 60.9 Å². The number of nitrogens with one attached hydrogen (secondary N) is 2. The van der Waals surface area contributed by atoms with Gasteiger partial charge in [0.2, 0.25) is 12.3 Å². The number of amides is 3. The Labute approximate surface area is 327 Å². The van der Waals surface area contributed by atoms with E-state index in [1.165, 1.54) is 17.0 Å². The first kappa shape index (κ1) is 39.9. The van der Waals surface area contributed by atoms with Crippen LogP contribution in [-0.4, -0.2) is 87.1 Å². The van der Waals surface area contributed by atoms with Gasteiger partial charge in [0, 0.05) is 48.8 Å². The van der Waals surface area contributed by atoms with Crippen molar-refractivity contribution in [3.05, 3.63) is 72.1 Å². The van der Waals surface area contributed by atoms with Crippen molar-refractivity contribution in [2.24, 2.45) is 11.3 Å². The molecule has 0 aliphatic carbocycles. The van der Waals surface area contributed by atoms with Crippen molar-refractivity contribution in [2.45, 2.75) is 90.9 Å². The lowest BCUT2D eigenvalue weighted by Crippen LogP contribution is -2.61. The molecule has 2 aliphatic heterocycles. The van der Waals surface area contributed by atoms with Crippen LogP contribution in [0.3, 0.4) is 0 Å². The van der Waals surface area contributed by atoms with Crippen LogP contribution in [0.2, 0.25) is 0 Å². The molecule has 1 unspecified atom stereocenters. The minimum absolute atomic E-state index is 0.00839. The third-order valence-corrected chi connectivity index (χ3v) is 10.7. The summed E-state index contributed by atoms with van der Waals surface area (Å²) >= 11 is 0. The number of phenolic OH excluding ortho intramolecular Hbond substituents is 1. The van der Waals surface area contributed by atoms with Gasteiger partial charge in [0.1, 0.15) is 29.4 Å². The van der Waals surface area contributed by atoms with E-state index < -0.39 is 46.9 Å². The molecule has 1 fully saturated rings. The van der Waals surface area contributed by atoms with Gasteiger partial charge in [-0.1, -0.05) is 39.8 Å². The highest BCUT2D eigenvalue weighted by atomic mass is 16.5. The van der Waals surface area contributed by atoms with E-state index in [1.54, 1.807) is 24.5 Å². The van der Waals surface area contributed by atoms with E-state index >= 15 is 0 Å². The second kappa shape index (κ2) is 15.8. The molecule has 4 aromatic rings. The van der Waals surface area contributed by atoms with Gasteiger partial charge >= 0.3 is 5.97 Å². The smallest absolute Gasteiger partial charge is 0.324 e. The molecular weight excluding hydrogens is 711 g/mol. The maximum absolute atomic E-state index is 14.3. The summed E-state index contributed by atoms with van der Waals surface area (Å²) < 4.78 is 8.05. The lowest BCUT2D eigenvalue weighted by molar-refractivity contribution is -0.155. The van der Waals surface area contributed by atoms with Gasteiger partial charge in [0.25, 0.3) is 5.91 Å². The molecule has 13 heteroatoms. The van der Waals surface area contributed by atoms with Crippen LogP contribution in [-0.2, 0) is 42.3 Å². The monoisotopic (exact) mass is 761 g/mol.